The number of rotatable bonds is 12. The predicted octanol–water partition coefficient (Wildman–Crippen LogP) is 8.03. The molecule has 11 nitrogen and oxygen atoms in total. The highest BCUT2D eigenvalue weighted by Gasteiger charge is 2.29. The van der Waals surface area contributed by atoms with E-state index in [2.05, 4.69) is 32.1 Å². The Bertz CT molecular complexity index is 1560. The number of esters is 2. The van der Waals surface area contributed by atoms with Crippen molar-refractivity contribution in [1.82, 2.24) is 0 Å². The van der Waals surface area contributed by atoms with Crippen LogP contribution in [0.25, 0.3) is 0 Å². The zero-order valence-corrected chi connectivity index (χ0v) is 33.5. The average Bonchev–Trinajstić information content (AvgIpc) is 3.18. The van der Waals surface area contributed by atoms with Crippen molar-refractivity contribution in [2.75, 3.05) is 42.0 Å². The fourth-order valence-corrected chi connectivity index (χ4v) is 6.60. The summed E-state index contributed by atoms with van der Waals surface area (Å²) < 4.78 is 44.3. The molecule has 0 aliphatic carbocycles. The number of hydrogen-bond acceptors (Lipinski definition) is 11. The predicted molar refractivity (Wildman–Crippen MR) is 210 cm³/mol. The van der Waals surface area contributed by atoms with Gasteiger partial charge in [-0.25, -0.2) is 9.59 Å². The first-order chi connectivity index (χ1) is 26.7. The fourth-order valence-electron chi connectivity index (χ4n) is 6.60. The molecule has 0 aromatic heterocycles. The first-order valence-electron chi connectivity index (χ1n) is 19.0. The van der Waals surface area contributed by atoms with E-state index < -0.39 is 12.1 Å². The Morgan fingerprint density at radius 3 is 1.53 bits per heavy atom. The summed E-state index contributed by atoms with van der Waals surface area (Å²) in [6, 6.07) is 11.1. The molecule has 11 heteroatoms. The Kier molecular flexibility index (Phi) is 20.5. The topological polar surface area (TPSA) is 125 Å². The molecule has 0 N–H and O–H groups in total. The number of allylic oxidation sites excluding steroid dienone is 5. The van der Waals surface area contributed by atoms with Crippen molar-refractivity contribution < 1.29 is 52.3 Å². The standard InChI is InChI=1S/C23H32O5.C21H28O6/c1-5-6-13-19-15-21(27-16-25-3)17(2)10-7-8-11-18-12-9-14-20(26-4)22(18)23(24)28-19;1-15-7-4-5-8-16-9-6-10-18(25-3)20(16)21(23)27-17(11-12-22)13-19(15)26-14-24-2/h5-9,12,14,17,19,21H,10-11,13,15-16H2,1-4H3;4-6,9-10,12,15,17,19H,7-8,11,13-14H2,1-3H3/b6-5+,8-7+;5-4+/t17-,19?,21+;15-,17?,19+/m00/s1. The third-order valence-electron chi connectivity index (χ3n) is 9.70. The molecule has 0 saturated carbocycles. The van der Waals surface area contributed by atoms with Crippen molar-refractivity contribution in [3.63, 3.8) is 0 Å². The van der Waals surface area contributed by atoms with E-state index in [-0.39, 0.29) is 56.1 Å². The number of benzene rings is 2. The number of cyclic esters (lactones) is 2. The van der Waals surface area contributed by atoms with E-state index in [0.29, 0.717) is 54.7 Å². The maximum absolute atomic E-state index is 13.1. The second-order valence-corrected chi connectivity index (χ2v) is 13.7. The fraction of sp³-hybridized carbons (Fsp3) is 0.523. The van der Waals surface area contributed by atoms with Gasteiger partial charge in [0.15, 0.2) is 0 Å². The molecular formula is C44H60O11. The Hall–Kier alpha value is -4.29. The van der Waals surface area contributed by atoms with Gasteiger partial charge in [-0.3, -0.25) is 0 Å². The first kappa shape index (κ1) is 45.1. The molecule has 302 valence electrons. The summed E-state index contributed by atoms with van der Waals surface area (Å²) in [7, 11) is 6.27. The van der Waals surface area contributed by atoms with Crippen LogP contribution in [0.1, 0.15) is 91.1 Å². The Morgan fingerprint density at radius 1 is 0.673 bits per heavy atom. The minimum atomic E-state index is -0.569. The van der Waals surface area contributed by atoms with Crippen LogP contribution >= 0.6 is 0 Å². The molecule has 6 atom stereocenters. The number of aldehydes is 1. The summed E-state index contributed by atoms with van der Waals surface area (Å²) in [5.74, 6) is 0.637. The third-order valence-corrected chi connectivity index (χ3v) is 9.70. The van der Waals surface area contributed by atoms with Crippen molar-refractivity contribution in [3.05, 3.63) is 95.1 Å². The van der Waals surface area contributed by atoms with E-state index in [0.717, 1.165) is 30.3 Å². The molecule has 55 heavy (non-hydrogen) atoms. The quantitative estimate of drug-likeness (QED) is 0.0903. The molecular weight excluding hydrogens is 704 g/mol. The molecule has 0 fully saturated rings. The highest BCUT2D eigenvalue weighted by molar-refractivity contribution is 5.95. The molecule has 0 radical (unpaired) electrons. The number of carbonyl (C=O) groups is 3. The SMILES string of the molecule is C/C=C/CC1C[C@@H](OCOC)[C@@H](C)C/C=C/Cc2cccc(OC)c2C(=O)O1.COCO[C@@H]1CC(CC=O)OC(=O)c2c(cccc2OC)C/C=C/C[C@@H]1C. The van der Waals surface area contributed by atoms with Crippen LogP contribution in [-0.2, 0) is 46.1 Å². The molecule has 2 unspecified atom stereocenters. The van der Waals surface area contributed by atoms with Crippen LogP contribution < -0.4 is 9.47 Å². The van der Waals surface area contributed by atoms with Crippen molar-refractivity contribution >= 4 is 18.2 Å². The van der Waals surface area contributed by atoms with E-state index in [9.17, 15) is 14.4 Å². The van der Waals surface area contributed by atoms with Gasteiger partial charge < -0.3 is 42.7 Å². The lowest BCUT2D eigenvalue weighted by Gasteiger charge is -2.28. The van der Waals surface area contributed by atoms with Crippen LogP contribution in [0.2, 0.25) is 0 Å². The number of carbonyl (C=O) groups excluding carboxylic acids is 3. The smallest absolute Gasteiger partial charge is 0.342 e. The molecule has 0 saturated heterocycles. The van der Waals surface area contributed by atoms with E-state index in [1.54, 1.807) is 33.5 Å². The molecule has 0 bridgehead atoms. The van der Waals surface area contributed by atoms with Crippen molar-refractivity contribution in [2.45, 2.75) is 96.6 Å². The summed E-state index contributed by atoms with van der Waals surface area (Å²) in [6.07, 6.45) is 16.8. The maximum atomic E-state index is 13.1. The Morgan fingerprint density at radius 2 is 1.13 bits per heavy atom. The van der Waals surface area contributed by atoms with Gasteiger partial charge in [0.2, 0.25) is 0 Å². The van der Waals surface area contributed by atoms with Gasteiger partial charge in [-0.1, -0.05) is 74.6 Å². The second kappa shape index (κ2) is 25.0. The summed E-state index contributed by atoms with van der Waals surface area (Å²) in [5.41, 5.74) is 2.65. The zero-order valence-electron chi connectivity index (χ0n) is 33.5. The molecule has 2 aliphatic rings. The summed E-state index contributed by atoms with van der Waals surface area (Å²) in [5, 5.41) is 0. The van der Waals surface area contributed by atoms with Crippen molar-refractivity contribution in [2.24, 2.45) is 11.8 Å². The molecule has 4 rings (SSSR count). The lowest BCUT2D eigenvalue weighted by atomic mass is 9.93. The maximum Gasteiger partial charge on any atom is 0.342 e. The van der Waals surface area contributed by atoms with Gasteiger partial charge in [0, 0.05) is 39.9 Å². The number of methoxy groups -OCH3 is 4. The van der Waals surface area contributed by atoms with E-state index in [1.165, 1.54) is 7.11 Å². The highest BCUT2D eigenvalue weighted by atomic mass is 16.7. The van der Waals surface area contributed by atoms with Crippen LogP contribution in [0.3, 0.4) is 0 Å². The molecule has 2 aromatic carbocycles. The molecule has 2 heterocycles. The summed E-state index contributed by atoms with van der Waals surface area (Å²) in [6.45, 7) is 6.56. The lowest BCUT2D eigenvalue weighted by Crippen LogP contribution is -2.31. The summed E-state index contributed by atoms with van der Waals surface area (Å²) in [4.78, 5) is 37.1. The van der Waals surface area contributed by atoms with Crippen LogP contribution in [-0.4, -0.2) is 84.7 Å². The van der Waals surface area contributed by atoms with Gasteiger partial charge in [0.1, 0.15) is 54.7 Å². The van der Waals surface area contributed by atoms with Gasteiger partial charge in [0.25, 0.3) is 0 Å². The first-order valence-corrected chi connectivity index (χ1v) is 19.0. The van der Waals surface area contributed by atoms with E-state index in [1.807, 2.05) is 49.4 Å². The number of ether oxygens (including phenoxy) is 8. The highest BCUT2D eigenvalue weighted by Crippen LogP contribution is 2.30. The summed E-state index contributed by atoms with van der Waals surface area (Å²) >= 11 is 0. The normalized spacial score (nSPS) is 24.7. The molecule has 2 aromatic rings. The van der Waals surface area contributed by atoms with Gasteiger partial charge in [0.05, 0.1) is 26.4 Å². The minimum absolute atomic E-state index is 0.0655. The van der Waals surface area contributed by atoms with Crippen molar-refractivity contribution in [3.8, 4) is 11.5 Å². The van der Waals surface area contributed by atoms with Gasteiger partial charge in [-0.15, -0.1) is 0 Å². The second-order valence-electron chi connectivity index (χ2n) is 13.7. The van der Waals surface area contributed by atoms with Crippen molar-refractivity contribution in [1.29, 1.82) is 0 Å². The van der Waals surface area contributed by atoms with E-state index >= 15 is 0 Å². The average molecular weight is 765 g/mol. The third kappa shape index (κ3) is 14.4. The van der Waals surface area contributed by atoms with Crippen LogP contribution in [0.4, 0.5) is 0 Å². The van der Waals surface area contributed by atoms with Gasteiger partial charge >= 0.3 is 11.9 Å². The molecule has 0 amide bonds. The minimum Gasteiger partial charge on any atom is -0.496 e. The van der Waals surface area contributed by atoms with Crippen LogP contribution in [0, 0.1) is 11.8 Å². The van der Waals surface area contributed by atoms with E-state index in [4.69, 9.17) is 37.9 Å². The van der Waals surface area contributed by atoms with Crippen LogP contribution in [0.15, 0.2) is 72.9 Å². The monoisotopic (exact) mass is 764 g/mol. The Balaban J connectivity index is 0.000000296. The van der Waals surface area contributed by atoms with Gasteiger partial charge in [-0.2, -0.15) is 0 Å². The van der Waals surface area contributed by atoms with Crippen LogP contribution in [0.5, 0.6) is 11.5 Å². The number of hydrogen-bond donors (Lipinski definition) is 0. The van der Waals surface area contributed by atoms with Gasteiger partial charge in [-0.05, 0) is 67.7 Å². The number of fused-ring (bicyclic) bond motifs is 2. The molecule has 0 spiro atoms. The largest absolute Gasteiger partial charge is 0.496 e. The Labute approximate surface area is 326 Å². The molecule has 2 aliphatic heterocycles. The lowest BCUT2D eigenvalue weighted by molar-refractivity contribution is -0.114. The zero-order chi connectivity index (χ0) is 40.0.